The summed E-state index contributed by atoms with van der Waals surface area (Å²) in [5.74, 6) is 0. The second-order valence-electron chi connectivity index (χ2n) is 6.07. The second kappa shape index (κ2) is 6.15. The summed E-state index contributed by atoms with van der Waals surface area (Å²) >= 11 is 0. The minimum atomic E-state index is -0.160. The lowest BCUT2D eigenvalue weighted by Crippen LogP contribution is -2.49. The molecule has 0 amide bonds. The molecule has 3 heteroatoms. The van der Waals surface area contributed by atoms with Crippen LogP contribution in [0.25, 0.3) is 0 Å². The van der Waals surface area contributed by atoms with E-state index in [9.17, 15) is 5.11 Å². The van der Waals surface area contributed by atoms with E-state index in [0.29, 0.717) is 12.1 Å². The Morgan fingerprint density at radius 2 is 2.00 bits per heavy atom. The molecule has 3 unspecified atom stereocenters. The first-order valence-electron chi connectivity index (χ1n) is 8.08. The number of para-hydroxylation sites is 1. The van der Waals surface area contributed by atoms with Crippen LogP contribution in [0.2, 0.25) is 0 Å². The van der Waals surface area contributed by atoms with Crippen molar-refractivity contribution in [3.05, 3.63) is 29.8 Å². The third kappa shape index (κ3) is 2.57. The number of aliphatic hydroxyl groups is 1. The van der Waals surface area contributed by atoms with Gasteiger partial charge in [-0.3, -0.25) is 0 Å². The fourth-order valence-corrected chi connectivity index (χ4v) is 3.85. The molecule has 3 atom stereocenters. The standard InChI is InChI=1S/C17H26N2O/c1-2-18-14-11-12-19(15-8-4-3-7-13(14)15)16-9-5-6-10-17(16)20/h3-4,7-8,14,16-18,20H,2,5-6,9-12H2,1H3. The molecule has 3 nitrogen and oxygen atoms in total. The summed E-state index contributed by atoms with van der Waals surface area (Å²) in [5.41, 5.74) is 2.73. The maximum Gasteiger partial charge on any atom is 0.0743 e. The number of anilines is 1. The Balaban J connectivity index is 1.88. The minimum absolute atomic E-state index is 0.160. The zero-order valence-corrected chi connectivity index (χ0v) is 12.4. The quantitative estimate of drug-likeness (QED) is 0.889. The van der Waals surface area contributed by atoms with Gasteiger partial charge in [-0.05, 0) is 37.4 Å². The van der Waals surface area contributed by atoms with E-state index >= 15 is 0 Å². The molecular weight excluding hydrogens is 248 g/mol. The Labute approximate surface area is 122 Å². The van der Waals surface area contributed by atoms with Gasteiger partial charge in [-0.15, -0.1) is 0 Å². The molecule has 0 saturated heterocycles. The van der Waals surface area contributed by atoms with Crippen molar-refractivity contribution >= 4 is 5.69 Å². The number of aliphatic hydroxyl groups excluding tert-OH is 1. The Morgan fingerprint density at radius 3 is 2.80 bits per heavy atom. The fourth-order valence-electron chi connectivity index (χ4n) is 3.85. The molecule has 1 aromatic carbocycles. The smallest absolute Gasteiger partial charge is 0.0743 e. The van der Waals surface area contributed by atoms with Gasteiger partial charge in [0.1, 0.15) is 0 Å². The van der Waals surface area contributed by atoms with E-state index in [1.165, 1.54) is 24.1 Å². The third-order valence-corrected chi connectivity index (χ3v) is 4.83. The number of rotatable bonds is 3. The highest BCUT2D eigenvalue weighted by Gasteiger charge is 2.33. The van der Waals surface area contributed by atoms with Crippen LogP contribution in [-0.2, 0) is 0 Å². The van der Waals surface area contributed by atoms with E-state index < -0.39 is 0 Å². The van der Waals surface area contributed by atoms with Crippen LogP contribution in [0.15, 0.2) is 24.3 Å². The summed E-state index contributed by atoms with van der Waals surface area (Å²) in [7, 11) is 0. The summed E-state index contributed by atoms with van der Waals surface area (Å²) in [4.78, 5) is 2.47. The molecule has 20 heavy (non-hydrogen) atoms. The lowest BCUT2D eigenvalue weighted by Gasteiger charge is -2.44. The molecule has 1 aliphatic carbocycles. The summed E-state index contributed by atoms with van der Waals surface area (Å²) < 4.78 is 0. The maximum absolute atomic E-state index is 10.4. The van der Waals surface area contributed by atoms with E-state index in [2.05, 4.69) is 41.4 Å². The Bertz CT molecular complexity index is 448. The van der Waals surface area contributed by atoms with Crippen molar-refractivity contribution in [2.45, 2.75) is 57.2 Å². The zero-order valence-electron chi connectivity index (χ0n) is 12.4. The normalized spacial score (nSPS) is 30.1. The van der Waals surface area contributed by atoms with Crippen molar-refractivity contribution in [2.75, 3.05) is 18.0 Å². The van der Waals surface area contributed by atoms with Gasteiger partial charge in [0.15, 0.2) is 0 Å². The molecule has 1 fully saturated rings. The number of nitrogens with one attached hydrogen (secondary N) is 1. The van der Waals surface area contributed by atoms with Crippen molar-refractivity contribution in [3.63, 3.8) is 0 Å². The molecular formula is C17H26N2O. The molecule has 1 saturated carbocycles. The molecule has 1 aromatic rings. The lowest BCUT2D eigenvalue weighted by molar-refractivity contribution is 0.102. The average molecular weight is 274 g/mol. The number of nitrogens with zero attached hydrogens (tertiary/aromatic N) is 1. The fraction of sp³-hybridized carbons (Fsp3) is 0.647. The van der Waals surface area contributed by atoms with Crippen LogP contribution in [0, 0.1) is 0 Å². The SMILES string of the molecule is CCNC1CCN(C2CCCCC2O)c2ccccc21. The summed E-state index contributed by atoms with van der Waals surface area (Å²) in [6.07, 6.45) is 5.48. The molecule has 110 valence electrons. The summed E-state index contributed by atoms with van der Waals surface area (Å²) in [5, 5.41) is 13.9. The number of fused-ring (bicyclic) bond motifs is 1. The van der Waals surface area contributed by atoms with Gasteiger partial charge >= 0.3 is 0 Å². The molecule has 2 N–H and O–H groups in total. The van der Waals surface area contributed by atoms with E-state index in [-0.39, 0.29) is 6.10 Å². The summed E-state index contributed by atoms with van der Waals surface area (Å²) in [6.45, 7) is 4.22. The molecule has 0 aromatic heterocycles. The first kappa shape index (κ1) is 13.9. The van der Waals surface area contributed by atoms with Crippen LogP contribution in [0.4, 0.5) is 5.69 Å². The average Bonchev–Trinajstić information content (AvgIpc) is 2.49. The highest BCUT2D eigenvalue weighted by Crippen LogP contribution is 2.37. The molecule has 1 aliphatic heterocycles. The van der Waals surface area contributed by atoms with Gasteiger partial charge in [0, 0.05) is 18.3 Å². The minimum Gasteiger partial charge on any atom is -0.391 e. The van der Waals surface area contributed by atoms with Crippen LogP contribution in [0.1, 0.15) is 50.6 Å². The topological polar surface area (TPSA) is 35.5 Å². The first-order chi connectivity index (χ1) is 9.81. The van der Waals surface area contributed by atoms with Crippen molar-refractivity contribution < 1.29 is 5.11 Å². The van der Waals surface area contributed by atoms with Crippen molar-refractivity contribution in [1.29, 1.82) is 0 Å². The van der Waals surface area contributed by atoms with Crippen LogP contribution < -0.4 is 10.2 Å². The van der Waals surface area contributed by atoms with E-state index in [0.717, 1.165) is 32.4 Å². The van der Waals surface area contributed by atoms with Gasteiger partial charge in [-0.1, -0.05) is 38.0 Å². The molecule has 0 spiro atoms. The predicted octanol–water partition coefficient (Wildman–Crippen LogP) is 2.85. The lowest BCUT2D eigenvalue weighted by atomic mass is 9.87. The van der Waals surface area contributed by atoms with Crippen molar-refractivity contribution in [2.24, 2.45) is 0 Å². The number of benzene rings is 1. The Hall–Kier alpha value is -1.06. The van der Waals surface area contributed by atoms with E-state index in [1.54, 1.807) is 0 Å². The molecule has 3 rings (SSSR count). The Kier molecular flexibility index (Phi) is 4.27. The summed E-state index contributed by atoms with van der Waals surface area (Å²) in [6, 6.07) is 9.49. The highest BCUT2D eigenvalue weighted by atomic mass is 16.3. The predicted molar refractivity (Wildman–Crippen MR) is 83.1 cm³/mol. The second-order valence-corrected chi connectivity index (χ2v) is 6.07. The monoisotopic (exact) mass is 274 g/mol. The molecule has 2 aliphatic rings. The van der Waals surface area contributed by atoms with Gasteiger partial charge in [0.05, 0.1) is 12.1 Å². The van der Waals surface area contributed by atoms with E-state index in [4.69, 9.17) is 0 Å². The zero-order chi connectivity index (χ0) is 13.9. The van der Waals surface area contributed by atoms with E-state index in [1.807, 2.05) is 0 Å². The van der Waals surface area contributed by atoms with Crippen molar-refractivity contribution in [1.82, 2.24) is 5.32 Å². The van der Waals surface area contributed by atoms with Crippen LogP contribution in [-0.4, -0.2) is 30.3 Å². The highest BCUT2D eigenvalue weighted by molar-refractivity contribution is 5.58. The van der Waals surface area contributed by atoms with Crippen LogP contribution in [0.5, 0.6) is 0 Å². The maximum atomic E-state index is 10.4. The third-order valence-electron chi connectivity index (χ3n) is 4.83. The van der Waals surface area contributed by atoms with Crippen LogP contribution >= 0.6 is 0 Å². The van der Waals surface area contributed by atoms with Gasteiger partial charge in [-0.2, -0.15) is 0 Å². The number of hydrogen-bond acceptors (Lipinski definition) is 3. The first-order valence-corrected chi connectivity index (χ1v) is 8.08. The van der Waals surface area contributed by atoms with Gasteiger partial charge in [0.25, 0.3) is 0 Å². The van der Waals surface area contributed by atoms with Gasteiger partial charge < -0.3 is 15.3 Å². The van der Waals surface area contributed by atoms with Crippen molar-refractivity contribution in [3.8, 4) is 0 Å². The molecule has 0 radical (unpaired) electrons. The number of hydrogen-bond donors (Lipinski definition) is 2. The Morgan fingerprint density at radius 1 is 1.20 bits per heavy atom. The largest absolute Gasteiger partial charge is 0.391 e. The molecule has 1 heterocycles. The van der Waals surface area contributed by atoms with Crippen LogP contribution in [0.3, 0.4) is 0 Å². The van der Waals surface area contributed by atoms with Gasteiger partial charge in [-0.25, -0.2) is 0 Å². The molecule has 0 bridgehead atoms. The van der Waals surface area contributed by atoms with Gasteiger partial charge in [0.2, 0.25) is 0 Å².